The zero-order chi connectivity index (χ0) is 19.8. The fourth-order valence-electron chi connectivity index (χ4n) is 3.48. The van der Waals surface area contributed by atoms with Gasteiger partial charge in [0.2, 0.25) is 0 Å². The summed E-state index contributed by atoms with van der Waals surface area (Å²) in [5, 5.41) is 3.07. The SMILES string of the molecule is Cc1c(NCC=C2C(=O)c3ccccc3C2=O)c(=O)n(-c2ccccc2)n1C. The minimum Gasteiger partial charge on any atom is -0.376 e. The fourth-order valence-corrected chi connectivity index (χ4v) is 3.48. The first-order valence-electron chi connectivity index (χ1n) is 8.97. The standard InChI is InChI=1S/C22H19N3O3/c1-14-19(22(28)25(24(14)2)15-8-4-3-5-9-15)23-13-12-18-20(26)16-10-6-7-11-17(16)21(18)27/h3-12,23H,13H2,1-2H3. The van der Waals surface area contributed by atoms with Crippen molar-refractivity contribution in [3.63, 3.8) is 0 Å². The summed E-state index contributed by atoms with van der Waals surface area (Å²) in [6.45, 7) is 2.05. The molecule has 0 atom stereocenters. The third-order valence-electron chi connectivity index (χ3n) is 5.04. The molecule has 0 saturated carbocycles. The van der Waals surface area contributed by atoms with E-state index in [1.54, 1.807) is 39.7 Å². The number of benzene rings is 2. The molecule has 0 radical (unpaired) electrons. The van der Waals surface area contributed by atoms with Crippen LogP contribution < -0.4 is 10.9 Å². The molecule has 140 valence electrons. The Morgan fingerprint density at radius 3 is 2.07 bits per heavy atom. The van der Waals surface area contributed by atoms with Gasteiger partial charge >= 0.3 is 0 Å². The molecule has 0 spiro atoms. The van der Waals surface area contributed by atoms with Gasteiger partial charge in [-0.25, -0.2) is 4.68 Å². The summed E-state index contributed by atoms with van der Waals surface area (Å²) in [6, 6.07) is 16.2. The number of nitrogens with zero attached hydrogens (tertiary/aromatic N) is 2. The van der Waals surface area contributed by atoms with Gasteiger partial charge in [0.15, 0.2) is 11.6 Å². The maximum Gasteiger partial charge on any atom is 0.295 e. The van der Waals surface area contributed by atoms with Gasteiger partial charge in [0.1, 0.15) is 5.69 Å². The Kier molecular flexibility index (Phi) is 4.31. The molecule has 28 heavy (non-hydrogen) atoms. The van der Waals surface area contributed by atoms with Crippen LogP contribution >= 0.6 is 0 Å². The summed E-state index contributed by atoms with van der Waals surface area (Å²) < 4.78 is 3.35. The summed E-state index contributed by atoms with van der Waals surface area (Å²) in [5.41, 5.74) is 2.80. The fraction of sp³-hybridized carbons (Fsp3) is 0.136. The van der Waals surface area contributed by atoms with Crippen LogP contribution in [0.2, 0.25) is 0 Å². The number of fused-ring (bicyclic) bond motifs is 1. The zero-order valence-corrected chi connectivity index (χ0v) is 15.6. The van der Waals surface area contributed by atoms with Crippen molar-refractivity contribution in [3.8, 4) is 5.69 Å². The van der Waals surface area contributed by atoms with Gasteiger partial charge in [0, 0.05) is 24.7 Å². The van der Waals surface area contributed by atoms with Gasteiger partial charge in [-0.05, 0) is 19.1 Å². The molecule has 1 N–H and O–H groups in total. The maximum atomic E-state index is 12.9. The lowest BCUT2D eigenvalue weighted by atomic mass is 10.1. The molecule has 0 saturated heterocycles. The van der Waals surface area contributed by atoms with Crippen LogP contribution in [0.5, 0.6) is 0 Å². The highest BCUT2D eigenvalue weighted by molar-refractivity contribution is 6.39. The molecule has 0 bridgehead atoms. The molecule has 3 aromatic rings. The Morgan fingerprint density at radius 1 is 0.893 bits per heavy atom. The molecule has 1 aliphatic carbocycles. The first kappa shape index (κ1) is 17.7. The number of rotatable bonds is 4. The summed E-state index contributed by atoms with van der Waals surface area (Å²) in [5.74, 6) is -0.539. The van der Waals surface area contributed by atoms with E-state index in [0.29, 0.717) is 16.8 Å². The van der Waals surface area contributed by atoms with Crippen molar-refractivity contribution in [1.82, 2.24) is 9.36 Å². The quantitative estimate of drug-likeness (QED) is 0.564. The van der Waals surface area contributed by atoms with Gasteiger partial charge in [0.05, 0.1) is 17.0 Å². The number of para-hydroxylation sites is 1. The maximum absolute atomic E-state index is 12.9. The second-order valence-electron chi connectivity index (χ2n) is 6.64. The summed E-state index contributed by atoms with van der Waals surface area (Å²) in [4.78, 5) is 37.8. The van der Waals surface area contributed by atoms with E-state index in [1.165, 1.54) is 0 Å². The normalized spacial score (nSPS) is 13.0. The number of nitrogens with one attached hydrogen (secondary N) is 1. The van der Waals surface area contributed by atoms with Crippen LogP contribution in [0.25, 0.3) is 5.69 Å². The molecule has 1 aromatic heterocycles. The molecule has 6 nitrogen and oxygen atoms in total. The highest BCUT2D eigenvalue weighted by Crippen LogP contribution is 2.26. The number of allylic oxidation sites excluding steroid dienone is 1. The monoisotopic (exact) mass is 373 g/mol. The van der Waals surface area contributed by atoms with Gasteiger partial charge in [-0.15, -0.1) is 0 Å². The van der Waals surface area contributed by atoms with Crippen molar-refractivity contribution in [2.24, 2.45) is 7.05 Å². The Morgan fingerprint density at radius 2 is 1.46 bits per heavy atom. The number of aromatic nitrogens is 2. The van der Waals surface area contributed by atoms with E-state index in [0.717, 1.165) is 11.4 Å². The molecule has 0 amide bonds. The van der Waals surface area contributed by atoms with Crippen LogP contribution in [0.1, 0.15) is 26.4 Å². The van der Waals surface area contributed by atoms with Crippen molar-refractivity contribution in [1.29, 1.82) is 0 Å². The smallest absolute Gasteiger partial charge is 0.295 e. The van der Waals surface area contributed by atoms with Crippen LogP contribution in [0.3, 0.4) is 0 Å². The Bertz CT molecular complexity index is 1150. The van der Waals surface area contributed by atoms with Crippen molar-refractivity contribution in [2.45, 2.75) is 6.92 Å². The Balaban J connectivity index is 1.61. The first-order chi connectivity index (χ1) is 13.5. The van der Waals surface area contributed by atoms with E-state index >= 15 is 0 Å². The van der Waals surface area contributed by atoms with E-state index in [-0.39, 0.29) is 29.2 Å². The minimum absolute atomic E-state index is 0.144. The third-order valence-corrected chi connectivity index (χ3v) is 5.04. The molecule has 0 fully saturated rings. The van der Waals surface area contributed by atoms with Crippen molar-refractivity contribution < 1.29 is 9.59 Å². The van der Waals surface area contributed by atoms with E-state index in [9.17, 15) is 14.4 Å². The number of hydrogen-bond donors (Lipinski definition) is 1. The third kappa shape index (κ3) is 2.70. The van der Waals surface area contributed by atoms with E-state index < -0.39 is 0 Å². The van der Waals surface area contributed by atoms with E-state index in [2.05, 4.69) is 5.32 Å². The number of anilines is 1. The molecule has 0 aliphatic heterocycles. The highest BCUT2D eigenvalue weighted by Gasteiger charge is 2.32. The van der Waals surface area contributed by atoms with Crippen LogP contribution in [0, 0.1) is 6.92 Å². The van der Waals surface area contributed by atoms with Gasteiger partial charge < -0.3 is 5.32 Å². The molecule has 6 heteroatoms. The van der Waals surface area contributed by atoms with Gasteiger partial charge in [-0.1, -0.05) is 48.5 Å². The molecular formula is C22H19N3O3. The molecule has 1 aliphatic rings. The van der Waals surface area contributed by atoms with E-state index in [4.69, 9.17) is 0 Å². The summed E-state index contributed by atoms with van der Waals surface area (Å²) in [6.07, 6.45) is 1.56. The lowest BCUT2D eigenvalue weighted by Crippen LogP contribution is -2.21. The average Bonchev–Trinajstić information content (AvgIpc) is 3.08. The average molecular weight is 373 g/mol. The zero-order valence-electron chi connectivity index (χ0n) is 15.6. The Hall–Kier alpha value is -3.67. The molecule has 2 aromatic carbocycles. The van der Waals surface area contributed by atoms with Crippen molar-refractivity contribution in [3.05, 3.63) is 93.4 Å². The van der Waals surface area contributed by atoms with Crippen LogP contribution in [0.4, 0.5) is 5.69 Å². The second-order valence-corrected chi connectivity index (χ2v) is 6.64. The number of Topliss-reactive ketones (excluding diaryl/α,β-unsaturated/α-hetero) is 2. The van der Waals surface area contributed by atoms with Crippen LogP contribution in [-0.2, 0) is 7.05 Å². The Labute approximate surface area is 161 Å². The summed E-state index contributed by atoms with van der Waals surface area (Å²) >= 11 is 0. The number of hydrogen-bond acceptors (Lipinski definition) is 4. The lowest BCUT2D eigenvalue weighted by molar-refractivity contribution is 0.0988. The minimum atomic E-state index is -0.270. The van der Waals surface area contributed by atoms with Crippen LogP contribution in [0.15, 0.2) is 71.0 Å². The largest absolute Gasteiger partial charge is 0.376 e. The topological polar surface area (TPSA) is 73.1 Å². The summed E-state index contributed by atoms with van der Waals surface area (Å²) in [7, 11) is 1.81. The van der Waals surface area contributed by atoms with Crippen molar-refractivity contribution >= 4 is 17.3 Å². The van der Waals surface area contributed by atoms with E-state index in [1.807, 2.05) is 44.3 Å². The number of ketones is 2. The number of carbonyl (C=O) groups excluding carboxylic acids is 2. The second kappa shape index (κ2) is 6.81. The predicted octanol–water partition coefficient (Wildman–Crippen LogP) is 2.90. The molecule has 4 rings (SSSR count). The highest BCUT2D eigenvalue weighted by atomic mass is 16.2. The molecule has 1 heterocycles. The van der Waals surface area contributed by atoms with Gasteiger partial charge in [0.25, 0.3) is 5.56 Å². The van der Waals surface area contributed by atoms with Crippen LogP contribution in [-0.4, -0.2) is 27.5 Å². The number of carbonyl (C=O) groups is 2. The van der Waals surface area contributed by atoms with Gasteiger partial charge in [-0.3, -0.25) is 19.1 Å². The predicted molar refractivity (Wildman–Crippen MR) is 107 cm³/mol. The molecular weight excluding hydrogens is 354 g/mol. The first-order valence-corrected chi connectivity index (χ1v) is 8.97. The lowest BCUT2D eigenvalue weighted by Gasteiger charge is -2.07. The molecule has 0 unspecified atom stereocenters. The van der Waals surface area contributed by atoms with Gasteiger partial charge in [-0.2, -0.15) is 0 Å². The van der Waals surface area contributed by atoms with Crippen molar-refractivity contribution in [2.75, 3.05) is 11.9 Å².